The number of carbonyl (C=O) groups excluding carboxylic acids is 2. The van der Waals surface area contributed by atoms with Crippen LogP contribution in [0.2, 0.25) is 0 Å². The molecule has 11 heteroatoms. The Hall–Kier alpha value is -4.12. The second kappa shape index (κ2) is 20.2. The molecule has 0 radical (unpaired) electrons. The zero-order valence-electron chi connectivity index (χ0n) is 29.8. The van der Waals surface area contributed by atoms with Gasteiger partial charge in [0.05, 0.1) is 25.0 Å². The number of amides is 1. The number of carboxylic acids is 2. The molecule has 1 amide bonds. The van der Waals surface area contributed by atoms with Gasteiger partial charge in [-0.2, -0.15) is 0 Å². The third-order valence-electron chi connectivity index (χ3n) is 7.03. The Bertz CT molecular complexity index is 1350. The summed E-state index contributed by atoms with van der Waals surface area (Å²) in [5.74, 6) is -2.19. The monoisotopic (exact) mass is 660 g/mol. The summed E-state index contributed by atoms with van der Waals surface area (Å²) >= 11 is 0. The van der Waals surface area contributed by atoms with Crippen molar-refractivity contribution in [3.05, 3.63) is 57.6 Å². The molecule has 7 N–H and O–H groups in total. The normalized spacial score (nSPS) is 12.1. The number of phenols is 2. The largest absolute Gasteiger partial charge is 0.507 e. The minimum absolute atomic E-state index is 0.00472. The molecule has 0 bridgehead atoms. The van der Waals surface area contributed by atoms with Gasteiger partial charge in [-0.25, -0.2) is 4.79 Å². The molecule has 264 valence electrons. The molecule has 0 aromatic heterocycles. The van der Waals surface area contributed by atoms with Crippen LogP contribution in [0.5, 0.6) is 11.5 Å². The molecule has 0 heterocycles. The maximum Gasteiger partial charge on any atom is 0.339 e. The summed E-state index contributed by atoms with van der Waals surface area (Å²) in [6.45, 7) is 21.4. The van der Waals surface area contributed by atoms with Crippen LogP contribution in [0.1, 0.15) is 156 Å². The molecule has 0 saturated heterocycles. The Morgan fingerprint density at radius 3 is 1.47 bits per heavy atom. The van der Waals surface area contributed by atoms with Crippen molar-refractivity contribution in [2.75, 3.05) is 6.61 Å². The number of ether oxygens (including phenoxy) is 1. The second-order valence-corrected chi connectivity index (χ2v) is 12.9. The number of benzene rings is 2. The van der Waals surface area contributed by atoms with E-state index < -0.39 is 23.9 Å². The highest BCUT2D eigenvalue weighted by Gasteiger charge is 2.21. The first-order valence-corrected chi connectivity index (χ1v) is 16.0. The number of carboxylic acid groups (broad SMARTS) is 2. The van der Waals surface area contributed by atoms with Crippen LogP contribution in [0.4, 0.5) is 0 Å². The zero-order valence-corrected chi connectivity index (χ0v) is 29.8. The lowest BCUT2D eigenvalue weighted by atomic mass is 9.91. The zero-order chi connectivity index (χ0) is 36.8. The number of nitrogens with two attached hydrogens (primary N) is 1. The predicted molar refractivity (Wildman–Crippen MR) is 184 cm³/mol. The van der Waals surface area contributed by atoms with Crippen molar-refractivity contribution < 1.29 is 44.3 Å². The first kappa shape index (κ1) is 42.9. The summed E-state index contributed by atoms with van der Waals surface area (Å²) in [5.41, 5.74) is 8.85. The molecule has 11 nitrogen and oxygen atoms in total. The van der Waals surface area contributed by atoms with E-state index in [1.807, 2.05) is 67.5 Å². The second-order valence-electron chi connectivity index (χ2n) is 12.9. The highest BCUT2D eigenvalue weighted by Crippen LogP contribution is 2.34. The van der Waals surface area contributed by atoms with Crippen LogP contribution < -0.4 is 11.1 Å². The molecule has 0 fully saturated rings. The first-order valence-electron chi connectivity index (χ1n) is 16.0. The number of aromatic carboxylic acids is 1. The quantitative estimate of drug-likeness (QED) is 0.131. The highest BCUT2D eigenvalue weighted by atomic mass is 16.5. The van der Waals surface area contributed by atoms with E-state index in [9.17, 15) is 29.4 Å². The molecule has 2 rings (SSSR count). The van der Waals surface area contributed by atoms with Gasteiger partial charge in [-0.05, 0) is 78.8 Å². The number of rotatable bonds is 12. The summed E-state index contributed by atoms with van der Waals surface area (Å²) in [4.78, 5) is 44.6. The van der Waals surface area contributed by atoms with Gasteiger partial charge in [-0.1, -0.05) is 67.5 Å². The smallest absolute Gasteiger partial charge is 0.339 e. The van der Waals surface area contributed by atoms with Crippen molar-refractivity contribution >= 4 is 23.8 Å². The van der Waals surface area contributed by atoms with Gasteiger partial charge in [-0.3, -0.25) is 14.4 Å². The lowest BCUT2D eigenvalue weighted by Gasteiger charge is -2.18. The number of carbonyl (C=O) groups is 4. The van der Waals surface area contributed by atoms with E-state index in [0.29, 0.717) is 18.6 Å². The first-order chi connectivity index (χ1) is 21.6. The molecule has 0 aliphatic carbocycles. The Kier molecular flexibility index (Phi) is 18.4. The Morgan fingerprint density at radius 2 is 1.13 bits per heavy atom. The number of phenolic OH excluding ortho intramolecular Hbond substituents is 1. The average Bonchev–Trinajstić information content (AvgIpc) is 2.92. The van der Waals surface area contributed by atoms with Crippen LogP contribution in [0.25, 0.3) is 0 Å². The van der Waals surface area contributed by atoms with E-state index in [4.69, 9.17) is 15.9 Å². The number of hydrogen-bond donors (Lipinski definition) is 6. The fourth-order valence-corrected chi connectivity index (χ4v) is 4.34. The summed E-state index contributed by atoms with van der Waals surface area (Å²) < 4.78 is 4.63. The van der Waals surface area contributed by atoms with E-state index >= 15 is 0 Å². The number of nitrogens with one attached hydrogen (secondary N) is 1. The summed E-state index contributed by atoms with van der Waals surface area (Å²) in [6, 6.07) is 6.43. The third-order valence-corrected chi connectivity index (χ3v) is 7.03. The van der Waals surface area contributed by atoms with Crippen molar-refractivity contribution in [1.82, 2.24) is 5.32 Å². The number of esters is 1. The van der Waals surface area contributed by atoms with Crippen molar-refractivity contribution in [3.63, 3.8) is 0 Å². The van der Waals surface area contributed by atoms with Gasteiger partial charge < -0.3 is 36.2 Å². The minimum atomic E-state index is -1.08. The maximum absolute atomic E-state index is 12.3. The molecule has 2 unspecified atom stereocenters. The van der Waals surface area contributed by atoms with E-state index in [-0.39, 0.29) is 64.7 Å². The van der Waals surface area contributed by atoms with Gasteiger partial charge in [0.15, 0.2) is 0 Å². The Morgan fingerprint density at radius 1 is 0.702 bits per heavy atom. The van der Waals surface area contributed by atoms with E-state index in [1.54, 1.807) is 32.9 Å². The molecule has 0 saturated carbocycles. The standard InChI is InChI=1S/C17H25NO4.C13H18O3.C6H13NO2/c1-9(2)12-7-13(10(3)4)16(21)14(8-12)17(22)18-11(5)6-15(19)20;1-7(2)9-5-10(8(3)4)12(14)11(6-9)13(15)16;1-3-9-6(8)4-5(2)7/h7-11,21H,6H2,1-5H3,(H,18,22)(H,19,20);5-8,14H,1-4H3,(H,15,16);5H,3-4,7H2,1-2H3. The Balaban J connectivity index is 0.000000739. The Labute approximate surface area is 279 Å². The lowest BCUT2D eigenvalue weighted by Crippen LogP contribution is -2.34. The molecule has 0 aliphatic rings. The van der Waals surface area contributed by atoms with E-state index in [0.717, 1.165) is 16.7 Å². The molecule has 2 atom stereocenters. The van der Waals surface area contributed by atoms with Gasteiger partial charge in [-0.15, -0.1) is 0 Å². The fraction of sp³-hybridized carbons (Fsp3) is 0.556. The van der Waals surface area contributed by atoms with E-state index in [2.05, 4.69) is 10.1 Å². The fourth-order valence-electron chi connectivity index (χ4n) is 4.34. The third kappa shape index (κ3) is 14.9. The molecule has 0 spiro atoms. The molecular weight excluding hydrogens is 604 g/mol. The summed E-state index contributed by atoms with van der Waals surface area (Å²) in [6.07, 6.45) is 0.154. The predicted octanol–water partition coefficient (Wildman–Crippen LogP) is 6.86. The van der Waals surface area contributed by atoms with Crippen LogP contribution in [0.15, 0.2) is 24.3 Å². The number of hydrogen-bond acceptors (Lipinski definition) is 8. The van der Waals surface area contributed by atoms with Crippen molar-refractivity contribution in [2.24, 2.45) is 5.73 Å². The van der Waals surface area contributed by atoms with E-state index in [1.165, 1.54) is 0 Å². The van der Waals surface area contributed by atoms with Crippen molar-refractivity contribution in [2.45, 2.75) is 125 Å². The molecule has 2 aromatic rings. The van der Waals surface area contributed by atoms with Gasteiger partial charge in [0.25, 0.3) is 5.91 Å². The SMILES string of the molecule is CC(C)c1cc(C(=O)O)c(O)c(C(C)C)c1.CC(CC(=O)O)NC(=O)c1cc(C(C)C)cc(C(C)C)c1O.CCOC(=O)CC(C)N. The van der Waals surface area contributed by atoms with Crippen LogP contribution in [0, 0.1) is 0 Å². The van der Waals surface area contributed by atoms with Crippen LogP contribution in [-0.2, 0) is 14.3 Å². The molecule has 0 aliphatic heterocycles. The average molecular weight is 661 g/mol. The van der Waals surface area contributed by atoms with Crippen LogP contribution in [0.3, 0.4) is 0 Å². The minimum Gasteiger partial charge on any atom is -0.507 e. The van der Waals surface area contributed by atoms with Crippen molar-refractivity contribution in [3.8, 4) is 11.5 Å². The maximum atomic E-state index is 12.3. The number of aliphatic carboxylic acids is 1. The number of aromatic hydroxyl groups is 2. The van der Waals surface area contributed by atoms with Crippen molar-refractivity contribution in [1.29, 1.82) is 0 Å². The van der Waals surface area contributed by atoms with Gasteiger partial charge in [0.1, 0.15) is 17.1 Å². The van der Waals surface area contributed by atoms with Crippen LogP contribution in [-0.4, -0.2) is 62.9 Å². The molecular formula is C36H56N2O9. The van der Waals surface area contributed by atoms with Gasteiger partial charge >= 0.3 is 17.9 Å². The topological polar surface area (TPSA) is 196 Å². The molecule has 2 aromatic carbocycles. The molecule has 47 heavy (non-hydrogen) atoms. The van der Waals surface area contributed by atoms with Crippen LogP contribution >= 0.6 is 0 Å². The summed E-state index contributed by atoms with van der Waals surface area (Å²) in [5, 5.41) is 40.6. The highest BCUT2D eigenvalue weighted by molar-refractivity contribution is 5.98. The van der Waals surface area contributed by atoms with Gasteiger partial charge in [0, 0.05) is 12.1 Å². The summed E-state index contributed by atoms with van der Waals surface area (Å²) in [7, 11) is 0. The van der Waals surface area contributed by atoms with Gasteiger partial charge in [0.2, 0.25) is 0 Å². The lowest BCUT2D eigenvalue weighted by molar-refractivity contribution is -0.143.